The number of esters is 1. The first kappa shape index (κ1) is 20.2. The minimum Gasteiger partial charge on any atom is -0.452 e. The van der Waals surface area contributed by atoms with Crippen molar-refractivity contribution in [1.29, 1.82) is 0 Å². The minimum absolute atomic E-state index is 0.380. The molecule has 2 N–H and O–H groups in total. The van der Waals surface area contributed by atoms with Crippen molar-refractivity contribution >= 4 is 23.8 Å². The summed E-state index contributed by atoms with van der Waals surface area (Å²) < 4.78 is 4.74. The molecule has 0 aromatic heterocycles. The Balaban J connectivity index is 1.89. The Kier molecular flexibility index (Phi) is 6.70. The predicted molar refractivity (Wildman–Crippen MR) is 97.1 cm³/mol. The first-order valence-electron chi connectivity index (χ1n) is 8.69. The Hall–Kier alpha value is -3.16. The van der Waals surface area contributed by atoms with Gasteiger partial charge < -0.3 is 10.1 Å². The van der Waals surface area contributed by atoms with Gasteiger partial charge in [-0.2, -0.15) is 5.01 Å². The van der Waals surface area contributed by atoms with E-state index in [-0.39, 0.29) is 0 Å². The first-order valence-corrected chi connectivity index (χ1v) is 8.69. The number of amides is 4. The third kappa shape index (κ3) is 5.40. The van der Waals surface area contributed by atoms with Gasteiger partial charge in [-0.25, -0.2) is 9.59 Å². The maximum Gasteiger partial charge on any atom is 0.344 e. The summed E-state index contributed by atoms with van der Waals surface area (Å²) in [6.07, 6.45) is 4.43. The number of urea groups is 1. The highest BCUT2D eigenvalue weighted by molar-refractivity contribution is 6.07. The number of hydrogen-bond donors (Lipinski definition) is 2. The van der Waals surface area contributed by atoms with Crippen molar-refractivity contribution < 1.29 is 23.9 Å². The van der Waals surface area contributed by atoms with Crippen molar-refractivity contribution in [3.05, 3.63) is 48.0 Å². The standard InChI is InChI=1S/C19H23N3O5/c1-3-4-10-16(24)27-13-15(23)21-22-17(25)19(2,20-18(22)26)12-11-14-8-6-5-7-9-14/h4-10H,3,11-13H2,1-2H3,(H,20,26)(H,21,23)/b10-4+/t19-/m1/s1. The van der Waals surface area contributed by atoms with Crippen molar-refractivity contribution in [2.75, 3.05) is 6.61 Å². The van der Waals surface area contributed by atoms with Gasteiger partial charge >= 0.3 is 12.0 Å². The quantitative estimate of drug-likeness (QED) is 0.408. The van der Waals surface area contributed by atoms with Crippen molar-refractivity contribution in [1.82, 2.24) is 15.8 Å². The Morgan fingerprint density at radius 2 is 1.96 bits per heavy atom. The SMILES string of the molecule is CC/C=C/C(=O)OCC(=O)NN1C(=O)N[C@](C)(CCc2ccccc2)C1=O. The van der Waals surface area contributed by atoms with Crippen LogP contribution in [0, 0.1) is 0 Å². The lowest BCUT2D eigenvalue weighted by atomic mass is 9.93. The molecule has 0 saturated carbocycles. The highest BCUT2D eigenvalue weighted by atomic mass is 16.5. The average Bonchev–Trinajstić information content (AvgIpc) is 2.87. The lowest BCUT2D eigenvalue weighted by Crippen LogP contribution is -2.49. The van der Waals surface area contributed by atoms with E-state index in [9.17, 15) is 19.2 Å². The molecule has 0 radical (unpaired) electrons. The molecule has 1 aliphatic heterocycles. The molecule has 144 valence electrons. The zero-order chi connectivity index (χ0) is 19.9. The number of nitrogens with one attached hydrogen (secondary N) is 2. The highest BCUT2D eigenvalue weighted by Gasteiger charge is 2.48. The molecule has 1 heterocycles. The summed E-state index contributed by atoms with van der Waals surface area (Å²) in [5, 5.41) is 3.23. The van der Waals surface area contributed by atoms with Gasteiger partial charge in [0.05, 0.1) is 0 Å². The Labute approximate surface area is 157 Å². The van der Waals surface area contributed by atoms with E-state index < -0.39 is 36.0 Å². The van der Waals surface area contributed by atoms with Crippen LogP contribution in [0.1, 0.15) is 32.3 Å². The molecule has 8 heteroatoms. The Morgan fingerprint density at radius 1 is 1.26 bits per heavy atom. The molecular formula is C19H23N3O5. The van der Waals surface area contributed by atoms with Crippen LogP contribution in [0.25, 0.3) is 0 Å². The minimum atomic E-state index is -1.12. The fourth-order valence-electron chi connectivity index (χ4n) is 2.55. The molecule has 0 spiro atoms. The summed E-state index contributed by atoms with van der Waals surface area (Å²) in [6.45, 7) is 2.87. The fraction of sp³-hybridized carbons (Fsp3) is 0.368. The van der Waals surface area contributed by atoms with Crippen molar-refractivity contribution in [3.63, 3.8) is 0 Å². The summed E-state index contributed by atoms with van der Waals surface area (Å²) in [4.78, 5) is 47.9. The van der Waals surface area contributed by atoms with Crippen LogP contribution in [0.15, 0.2) is 42.5 Å². The second-order valence-corrected chi connectivity index (χ2v) is 6.34. The largest absolute Gasteiger partial charge is 0.452 e. The molecule has 8 nitrogen and oxygen atoms in total. The number of nitrogens with zero attached hydrogens (tertiary/aromatic N) is 1. The van der Waals surface area contributed by atoms with E-state index in [1.54, 1.807) is 13.0 Å². The van der Waals surface area contributed by atoms with Crippen LogP contribution in [-0.2, 0) is 25.5 Å². The van der Waals surface area contributed by atoms with Crippen molar-refractivity contribution in [2.24, 2.45) is 0 Å². The molecular weight excluding hydrogens is 350 g/mol. The summed E-state index contributed by atoms with van der Waals surface area (Å²) in [6, 6.07) is 8.85. The Morgan fingerprint density at radius 3 is 2.63 bits per heavy atom. The smallest absolute Gasteiger partial charge is 0.344 e. The van der Waals surface area contributed by atoms with E-state index in [4.69, 9.17) is 4.74 Å². The number of ether oxygens (including phenoxy) is 1. The molecule has 1 saturated heterocycles. The molecule has 0 bridgehead atoms. The lowest BCUT2D eigenvalue weighted by molar-refractivity contribution is -0.147. The third-order valence-corrected chi connectivity index (χ3v) is 4.09. The topological polar surface area (TPSA) is 105 Å². The summed E-state index contributed by atoms with van der Waals surface area (Å²) in [5.41, 5.74) is 2.09. The van der Waals surface area contributed by atoms with Crippen LogP contribution in [0.2, 0.25) is 0 Å². The van der Waals surface area contributed by atoms with Crippen molar-refractivity contribution in [3.8, 4) is 0 Å². The zero-order valence-electron chi connectivity index (χ0n) is 15.4. The number of carbonyl (C=O) groups excluding carboxylic acids is 4. The normalized spacial score (nSPS) is 19.3. The summed E-state index contributed by atoms with van der Waals surface area (Å²) >= 11 is 0. The first-order chi connectivity index (χ1) is 12.9. The van der Waals surface area contributed by atoms with E-state index in [0.29, 0.717) is 24.3 Å². The van der Waals surface area contributed by atoms with Gasteiger partial charge in [-0.05, 0) is 31.7 Å². The molecule has 27 heavy (non-hydrogen) atoms. The van der Waals surface area contributed by atoms with Crippen LogP contribution < -0.4 is 10.7 Å². The number of allylic oxidation sites excluding steroid dienone is 1. The highest BCUT2D eigenvalue weighted by Crippen LogP contribution is 2.22. The van der Waals surface area contributed by atoms with E-state index in [1.165, 1.54) is 6.08 Å². The maximum absolute atomic E-state index is 12.6. The molecule has 1 atom stereocenters. The zero-order valence-corrected chi connectivity index (χ0v) is 15.4. The number of carbonyl (C=O) groups is 4. The van der Waals surface area contributed by atoms with Gasteiger partial charge in [0.1, 0.15) is 5.54 Å². The third-order valence-electron chi connectivity index (χ3n) is 4.09. The van der Waals surface area contributed by atoms with Gasteiger partial charge in [-0.15, -0.1) is 0 Å². The van der Waals surface area contributed by atoms with Gasteiger partial charge in [0.15, 0.2) is 6.61 Å². The second kappa shape index (κ2) is 8.98. The maximum atomic E-state index is 12.6. The number of imide groups is 1. The number of aryl methyl sites for hydroxylation is 1. The monoisotopic (exact) mass is 373 g/mol. The van der Waals surface area contributed by atoms with Crippen LogP contribution in [-0.4, -0.2) is 41.0 Å². The molecule has 1 fully saturated rings. The molecule has 4 amide bonds. The number of rotatable bonds is 8. The van der Waals surface area contributed by atoms with E-state index >= 15 is 0 Å². The number of hydrazine groups is 1. The average molecular weight is 373 g/mol. The van der Waals surface area contributed by atoms with Gasteiger partial charge in [-0.1, -0.05) is 43.3 Å². The molecule has 1 aromatic carbocycles. The molecule has 0 unspecified atom stereocenters. The van der Waals surface area contributed by atoms with E-state index in [1.807, 2.05) is 37.3 Å². The van der Waals surface area contributed by atoms with Crippen LogP contribution >= 0.6 is 0 Å². The molecule has 1 aromatic rings. The van der Waals surface area contributed by atoms with Crippen molar-refractivity contribution in [2.45, 2.75) is 38.6 Å². The Bertz CT molecular complexity index is 747. The molecule has 2 rings (SSSR count). The van der Waals surface area contributed by atoms with Gasteiger partial charge in [0.2, 0.25) is 0 Å². The molecule has 1 aliphatic rings. The van der Waals surface area contributed by atoms with Crippen LogP contribution in [0.4, 0.5) is 4.79 Å². The summed E-state index contributed by atoms with van der Waals surface area (Å²) in [7, 11) is 0. The predicted octanol–water partition coefficient (Wildman–Crippen LogP) is 1.47. The van der Waals surface area contributed by atoms with Crippen LogP contribution in [0.3, 0.4) is 0 Å². The van der Waals surface area contributed by atoms with E-state index in [0.717, 1.165) is 5.56 Å². The summed E-state index contributed by atoms with van der Waals surface area (Å²) in [5.74, 6) is -2.00. The van der Waals surface area contributed by atoms with Gasteiger partial charge in [0, 0.05) is 6.08 Å². The molecule has 0 aliphatic carbocycles. The fourth-order valence-corrected chi connectivity index (χ4v) is 2.55. The second-order valence-electron chi connectivity index (χ2n) is 6.34. The number of hydrogen-bond acceptors (Lipinski definition) is 5. The van der Waals surface area contributed by atoms with Crippen LogP contribution in [0.5, 0.6) is 0 Å². The van der Waals surface area contributed by atoms with Gasteiger partial charge in [-0.3, -0.25) is 15.0 Å². The number of benzene rings is 1. The van der Waals surface area contributed by atoms with Gasteiger partial charge in [0.25, 0.3) is 11.8 Å². The van der Waals surface area contributed by atoms with E-state index in [2.05, 4.69) is 10.7 Å². The lowest BCUT2D eigenvalue weighted by Gasteiger charge is -2.21.